The molecule has 1 aromatic heterocycles. The lowest BCUT2D eigenvalue weighted by Crippen LogP contribution is -2.47. The predicted octanol–water partition coefficient (Wildman–Crippen LogP) is 3.73. The van der Waals surface area contributed by atoms with Gasteiger partial charge in [-0.15, -0.1) is 5.10 Å². The average Bonchev–Trinajstić information content (AvgIpc) is 3.59. The summed E-state index contributed by atoms with van der Waals surface area (Å²) in [6.45, 7) is 5.92. The van der Waals surface area contributed by atoms with Crippen LogP contribution in [0.15, 0.2) is 24.4 Å². The second kappa shape index (κ2) is 11.5. The minimum atomic E-state index is -0.967. The molecule has 9 nitrogen and oxygen atoms in total. The molecule has 42 heavy (non-hydrogen) atoms. The van der Waals surface area contributed by atoms with E-state index in [0.29, 0.717) is 48.1 Å². The van der Waals surface area contributed by atoms with E-state index in [1.807, 2.05) is 23.0 Å². The Labute approximate surface area is 248 Å². The van der Waals surface area contributed by atoms with Crippen molar-refractivity contribution in [1.82, 2.24) is 19.9 Å². The summed E-state index contributed by atoms with van der Waals surface area (Å²) in [5.41, 5.74) is 3.45. The fourth-order valence-corrected chi connectivity index (χ4v) is 9.66. The molecule has 7 rings (SSSR count). The molecule has 2 aliphatic heterocycles. The number of hydrogen-bond donors (Lipinski definition) is 4. The van der Waals surface area contributed by atoms with Crippen LogP contribution < -0.4 is 0 Å². The van der Waals surface area contributed by atoms with E-state index in [2.05, 4.69) is 28.2 Å². The molecule has 4 fully saturated rings. The maximum atomic E-state index is 11.0. The van der Waals surface area contributed by atoms with Crippen LogP contribution in [0.25, 0.3) is 0 Å². The highest BCUT2D eigenvalue weighted by molar-refractivity contribution is 5.40. The summed E-state index contributed by atoms with van der Waals surface area (Å²) >= 11 is 0. The number of aliphatic hydroxyl groups excluding tert-OH is 3. The van der Waals surface area contributed by atoms with Crippen molar-refractivity contribution in [1.29, 1.82) is 0 Å². The Morgan fingerprint density at radius 1 is 1.05 bits per heavy atom. The van der Waals surface area contributed by atoms with Crippen LogP contribution in [0.1, 0.15) is 99.6 Å². The van der Waals surface area contributed by atoms with Crippen molar-refractivity contribution in [3.8, 4) is 5.75 Å². The predicted molar refractivity (Wildman–Crippen MR) is 157 cm³/mol. The molecule has 1 aromatic carbocycles. The zero-order valence-corrected chi connectivity index (χ0v) is 24.9. The van der Waals surface area contributed by atoms with Crippen molar-refractivity contribution in [2.24, 2.45) is 23.2 Å². The molecule has 0 bridgehead atoms. The van der Waals surface area contributed by atoms with Gasteiger partial charge in [-0.05, 0) is 123 Å². The first-order valence-corrected chi connectivity index (χ1v) is 16.4. The standard InChI is InChI=1S/C33H48N4O5/c1-33-12-8-25-24-5-4-23(38)18-21(24)17-20(30(25)26(33)6-7-29(33)40)3-2-13-36-14-9-22(10-15-36)37-19-27(34-35-37)32-31(41)28(39)11-16-42-32/h4-5,18-20,22,25-26,28-32,38-41H,2-3,6-17H2,1H3. The molecule has 2 saturated heterocycles. The fraction of sp³-hybridized carbons (Fsp3) is 0.758. The molecule has 0 amide bonds. The second-order valence-corrected chi connectivity index (χ2v) is 14.3. The number of phenols is 1. The Hall–Kier alpha value is -2.04. The van der Waals surface area contributed by atoms with E-state index < -0.39 is 18.3 Å². The molecule has 3 aliphatic carbocycles. The van der Waals surface area contributed by atoms with Gasteiger partial charge in [0.15, 0.2) is 0 Å². The number of hydrogen-bond acceptors (Lipinski definition) is 8. The highest BCUT2D eigenvalue weighted by Crippen LogP contribution is 2.62. The quantitative estimate of drug-likeness (QED) is 0.408. The van der Waals surface area contributed by atoms with Gasteiger partial charge in [0, 0.05) is 13.1 Å². The minimum absolute atomic E-state index is 0.0535. The van der Waals surface area contributed by atoms with Crippen molar-refractivity contribution in [3.63, 3.8) is 0 Å². The van der Waals surface area contributed by atoms with Gasteiger partial charge in [-0.1, -0.05) is 18.2 Å². The monoisotopic (exact) mass is 580 g/mol. The number of likely N-dealkylation sites (tertiary alicyclic amines) is 1. The average molecular weight is 581 g/mol. The van der Waals surface area contributed by atoms with Gasteiger partial charge in [-0.2, -0.15) is 0 Å². The number of ether oxygens (including phenoxy) is 1. The SMILES string of the molecule is CC12CCC3c4ccc(O)cc4CC(CCCN4CCC(n5cc(C6OCCC(O)C6O)nn5)CC4)C3C1CCC2O. The van der Waals surface area contributed by atoms with E-state index in [1.165, 1.54) is 24.0 Å². The lowest BCUT2D eigenvalue weighted by atomic mass is 9.52. The van der Waals surface area contributed by atoms with E-state index in [-0.39, 0.29) is 17.6 Å². The molecule has 9 heteroatoms. The molecular weight excluding hydrogens is 532 g/mol. The van der Waals surface area contributed by atoms with Gasteiger partial charge in [-0.3, -0.25) is 0 Å². The summed E-state index contributed by atoms with van der Waals surface area (Å²) in [5, 5.41) is 50.2. The molecular formula is C33H48N4O5. The lowest BCUT2D eigenvalue weighted by molar-refractivity contribution is -0.138. The first kappa shape index (κ1) is 28.7. The lowest BCUT2D eigenvalue weighted by Gasteiger charge is -2.53. The number of fused-ring (bicyclic) bond motifs is 5. The van der Waals surface area contributed by atoms with Crippen molar-refractivity contribution in [3.05, 3.63) is 41.2 Å². The van der Waals surface area contributed by atoms with Gasteiger partial charge in [-0.25, -0.2) is 4.68 Å². The zero-order chi connectivity index (χ0) is 29.0. The van der Waals surface area contributed by atoms with Crippen molar-refractivity contribution < 1.29 is 25.2 Å². The number of benzene rings is 1. The first-order chi connectivity index (χ1) is 20.3. The number of rotatable bonds is 6. The van der Waals surface area contributed by atoms with Gasteiger partial charge in [0.25, 0.3) is 0 Å². The molecule has 0 spiro atoms. The van der Waals surface area contributed by atoms with Crippen LogP contribution in [-0.4, -0.2) is 84.9 Å². The van der Waals surface area contributed by atoms with Crippen LogP contribution in [0.4, 0.5) is 0 Å². The number of aromatic nitrogens is 3. The van der Waals surface area contributed by atoms with Crippen LogP contribution in [0.2, 0.25) is 0 Å². The third-order valence-corrected chi connectivity index (χ3v) is 12.1. The summed E-state index contributed by atoms with van der Waals surface area (Å²) in [6, 6.07) is 6.35. The van der Waals surface area contributed by atoms with Gasteiger partial charge >= 0.3 is 0 Å². The molecule has 230 valence electrons. The van der Waals surface area contributed by atoms with E-state index in [1.54, 1.807) is 0 Å². The summed E-state index contributed by atoms with van der Waals surface area (Å²) < 4.78 is 7.62. The topological polar surface area (TPSA) is 124 Å². The van der Waals surface area contributed by atoms with Gasteiger partial charge in [0.05, 0.1) is 31.1 Å². The molecule has 0 radical (unpaired) electrons. The van der Waals surface area contributed by atoms with E-state index in [4.69, 9.17) is 4.74 Å². The number of nitrogens with zero attached hydrogens (tertiary/aromatic N) is 4. The third kappa shape index (κ3) is 5.09. The largest absolute Gasteiger partial charge is 0.508 e. The molecule has 2 saturated carbocycles. The smallest absolute Gasteiger partial charge is 0.131 e. The molecule has 9 unspecified atom stereocenters. The Bertz CT molecular complexity index is 1250. The molecule has 5 aliphatic rings. The Kier molecular flexibility index (Phi) is 7.84. The molecule has 4 N–H and O–H groups in total. The van der Waals surface area contributed by atoms with Crippen molar-refractivity contribution >= 4 is 0 Å². The number of aromatic hydroxyl groups is 1. The second-order valence-electron chi connectivity index (χ2n) is 14.3. The van der Waals surface area contributed by atoms with Crippen LogP contribution >= 0.6 is 0 Å². The fourth-order valence-electron chi connectivity index (χ4n) is 9.66. The highest BCUT2D eigenvalue weighted by Gasteiger charge is 2.56. The maximum Gasteiger partial charge on any atom is 0.131 e. The first-order valence-electron chi connectivity index (χ1n) is 16.4. The van der Waals surface area contributed by atoms with Gasteiger partial charge < -0.3 is 30.1 Å². The van der Waals surface area contributed by atoms with Crippen LogP contribution in [-0.2, 0) is 11.2 Å². The molecule has 9 atom stereocenters. The Morgan fingerprint density at radius 2 is 1.88 bits per heavy atom. The number of phenolic OH excluding ortho intramolecular Hbond substituents is 1. The van der Waals surface area contributed by atoms with E-state index >= 15 is 0 Å². The summed E-state index contributed by atoms with van der Waals surface area (Å²) in [6.07, 6.45) is 9.56. The third-order valence-electron chi connectivity index (χ3n) is 12.1. The van der Waals surface area contributed by atoms with E-state index in [0.717, 1.165) is 64.6 Å². The molecule has 3 heterocycles. The Balaban J connectivity index is 0.961. The summed E-state index contributed by atoms with van der Waals surface area (Å²) in [7, 11) is 0. The Morgan fingerprint density at radius 3 is 2.71 bits per heavy atom. The van der Waals surface area contributed by atoms with Gasteiger partial charge in [0.2, 0.25) is 0 Å². The van der Waals surface area contributed by atoms with Crippen LogP contribution in [0.3, 0.4) is 0 Å². The van der Waals surface area contributed by atoms with Crippen LogP contribution in [0.5, 0.6) is 5.75 Å². The number of aliphatic hydroxyl groups is 3. The summed E-state index contributed by atoms with van der Waals surface area (Å²) in [4.78, 5) is 2.59. The van der Waals surface area contributed by atoms with E-state index in [9.17, 15) is 20.4 Å². The van der Waals surface area contributed by atoms with Crippen LogP contribution in [0, 0.1) is 23.2 Å². The van der Waals surface area contributed by atoms with Crippen molar-refractivity contribution in [2.45, 2.75) is 108 Å². The molecule has 2 aromatic rings. The van der Waals surface area contributed by atoms with Crippen molar-refractivity contribution in [2.75, 3.05) is 26.2 Å². The maximum absolute atomic E-state index is 11.0. The highest BCUT2D eigenvalue weighted by atomic mass is 16.5. The normalized spacial score (nSPS) is 39.0. The van der Waals surface area contributed by atoms with Gasteiger partial charge in [0.1, 0.15) is 23.7 Å². The summed E-state index contributed by atoms with van der Waals surface area (Å²) in [5.74, 6) is 2.74. The number of piperidine rings is 1. The zero-order valence-electron chi connectivity index (χ0n) is 24.9. The minimum Gasteiger partial charge on any atom is -0.508 e.